The number of carboxylic acid groups (broad SMARTS) is 1. The van der Waals surface area contributed by atoms with Gasteiger partial charge in [0.05, 0.1) is 13.7 Å². The quantitative estimate of drug-likeness (QED) is 0.687. The highest BCUT2D eigenvalue weighted by molar-refractivity contribution is 5.69. The summed E-state index contributed by atoms with van der Waals surface area (Å²) < 4.78 is 5.44. The number of rotatable bonds is 7. The lowest BCUT2D eigenvalue weighted by molar-refractivity contribution is -0.136. The SMILES string of the molecule is COc1cc(CN2CCCNCC2)ccc1CNCC(=O)O. The highest BCUT2D eigenvalue weighted by Gasteiger charge is 2.11. The van der Waals surface area contributed by atoms with Crippen molar-refractivity contribution in [3.63, 3.8) is 0 Å². The van der Waals surface area contributed by atoms with Crippen molar-refractivity contribution >= 4 is 5.97 Å². The third-order valence-electron chi connectivity index (χ3n) is 3.78. The first-order valence-corrected chi connectivity index (χ1v) is 7.70. The molecule has 1 aliphatic heterocycles. The number of ether oxygens (including phenoxy) is 1. The molecular weight excluding hydrogens is 282 g/mol. The molecule has 1 heterocycles. The van der Waals surface area contributed by atoms with Gasteiger partial charge in [-0.2, -0.15) is 0 Å². The molecule has 6 heteroatoms. The molecule has 1 fully saturated rings. The summed E-state index contributed by atoms with van der Waals surface area (Å²) in [6.45, 7) is 5.65. The van der Waals surface area contributed by atoms with Gasteiger partial charge in [0.25, 0.3) is 0 Å². The van der Waals surface area contributed by atoms with Crippen molar-refractivity contribution in [1.29, 1.82) is 0 Å². The van der Waals surface area contributed by atoms with Gasteiger partial charge < -0.3 is 20.5 Å². The Kier molecular flexibility index (Phi) is 6.64. The Bertz CT molecular complexity index is 486. The molecule has 1 aliphatic rings. The molecule has 22 heavy (non-hydrogen) atoms. The predicted molar refractivity (Wildman–Crippen MR) is 85.1 cm³/mol. The molecule has 0 bridgehead atoms. The maximum atomic E-state index is 10.5. The summed E-state index contributed by atoms with van der Waals surface area (Å²) in [7, 11) is 1.65. The van der Waals surface area contributed by atoms with Crippen LogP contribution in [-0.4, -0.2) is 55.8 Å². The van der Waals surface area contributed by atoms with E-state index in [0.29, 0.717) is 6.54 Å². The fourth-order valence-corrected chi connectivity index (χ4v) is 2.66. The van der Waals surface area contributed by atoms with Crippen molar-refractivity contribution in [2.45, 2.75) is 19.5 Å². The van der Waals surface area contributed by atoms with Crippen LogP contribution >= 0.6 is 0 Å². The largest absolute Gasteiger partial charge is 0.496 e. The molecule has 2 rings (SSSR count). The van der Waals surface area contributed by atoms with Crippen molar-refractivity contribution < 1.29 is 14.6 Å². The molecule has 6 nitrogen and oxygen atoms in total. The Balaban J connectivity index is 1.96. The first kappa shape index (κ1) is 16.7. The Morgan fingerprint density at radius 1 is 1.41 bits per heavy atom. The van der Waals surface area contributed by atoms with Gasteiger partial charge in [0, 0.05) is 31.7 Å². The number of nitrogens with zero attached hydrogens (tertiary/aromatic N) is 1. The van der Waals surface area contributed by atoms with Crippen LogP contribution in [-0.2, 0) is 17.9 Å². The summed E-state index contributed by atoms with van der Waals surface area (Å²) >= 11 is 0. The molecule has 0 unspecified atom stereocenters. The van der Waals surface area contributed by atoms with Crippen LogP contribution in [0.3, 0.4) is 0 Å². The minimum absolute atomic E-state index is 0.0499. The van der Waals surface area contributed by atoms with E-state index in [1.807, 2.05) is 6.07 Å². The number of nitrogens with one attached hydrogen (secondary N) is 2. The number of aliphatic carboxylic acids is 1. The van der Waals surface area contributed by atoms with Gasteiger partial charge in [0.15, 0.2) is 0 Å². The van der Waals surface area contributed by atoms with E-state index in [4.69, 9.17) is 9.84 Å². The zero-order chi connectivity index (χ0) is 15.8. The highest BCUT2D eigenvalue weighted by atomic mass is 16.5. The maximum absolute atomic E-state index is 10.5. The van der Waals surface area contributed by atoms with E-state index in [2.05, 4.69) is 27.7 Å². The number of hydrogen-bond acceptors (Lipinski definition) is 5. The molecule has 1 aromatic rings. The van der Waals surface area contributed by atoms with Crippen LogP contribution in [0.2, 0.25) is 0 Å². The van der Waals surface area contributed by atoms with Gasteiger partial charge in [-0.15, -0.1) is 0 Å². The van der Waals surface area contributed by atoms with Gasteiger partial charge in [0.1, 0.15) is 5.75 Å². The average molecular weight is 307 g/mol. The average Bonchev–Trinajstić information content (AvgIpc) is 2.76. The zero-order valence-electron chi connectivity index (χ0n) is 13.1. The van der Waals surface area contributed by atoms with Crippen molar-refractivity contribution in [2.24, 2.45) is 0 Å². The molecule has 1 aromatic carbocycles. The Morgan fingerprint density at radius 3 is 3.05 bits per heavy atom. The lowest BCUT2D eigenvalue weighted by Crippen LogP contribution is -2.27. The van der Waals surface area contributed by atoms with Crippen LogP contribution in [0.15, 0.2) is 18.2 Å². The van der Waals surface area contributed by atoms with Gasteiger partial charge >= 0.3 is 5.97 Å². The van der Waals surface area contributed by atoms with Crippen LogP contribution < -0.4 is 15.4 Å². The minimum atomic E-state index is -0.856. The third-order valence-corrected chi connectivity index (χ3v) is 3.78. The molecule has 0 aromatic heterocycles. The summed E-state index contributed by atoms with van der Waals surface area (Å²) in [6, 6.07) is 6.16. The Hall–Kier alpha value is -1.63. The van der Waals surface area contributed by atoms with E-state index in [9.17, 15) is 4.79 Å². The van der Waals surface area contributed by atoms with Gasteiger partial charge in [-0.25, -0.2) is 0 Å². The van der Waals surface area contributed by atoms with Crippen LogP contribution in [0.4, 0.5) is 0 Å². The second kappa shape index (κ2) is 8.73. The van der Waals surface area contributed by atoms with Crippen LogP contribution in [0.25, 0.3) is 0 Å². The third kappa shape index (κ3) is 5.29. The monoisotopic (exact) mass is 307 g/mol. The van der Waals surface area contributed by atoms with Crippen LogP contribution in [0.5, 0.6) is 5.75 Å². The first-order valence-electron chi connectivity index (χ1n) is 7.70. The molecular formula is C16H25N3O3. The smallest absolute Gasteiger partial charge is 0.317 e. The number of methoxy groups -OCH3 is 1. The molecule has 0 radical (unpaired) electrons. The summed E-state index contributed by atoms with van der Waals surface area (Å²) in [5, 5.41) is 15.0. The van der Waals surface area contributed by atoms with Gasteiger partial charge in [0.2, 0.25) is 0 Å². The summed E-state index contributed by atoms with van der Waals surface area (Å²) in [6.07, 6.45) is 1.17. The van der Waals surface area contributed by atoms with E-state index in [1.54, 1.807) is 7.11 Å². The summed E-state index contributed by atoms with van der Waals surface area (Å²) in [4.78, 5) is 13.0. The molecule has 3 N–H and O–H groups in total. The van der Waals surface area contributed by atoms with Crippen molar-refractivity contribution in [1.82, 2.24) is 15.5 Å². The number of carbonyl (C=O) groups is 1. The van der Waals surface area contributed by atoms with E-state index in [0.717, 1.165) is 44.0 Å². The Labute approximate surface area is 131 Å². The van der Waals surface area contributed by atoms with E-state index < -0.39 is 5.97 Å². The van der Waals surface area contributed by atoms with Crippen LogP contribution in [0.1, 0.15) is 17.5 Å². The number of benzene rings is 1. The number of carboxylic acids is 1. The minimum Gasteiger partial charge on any atom is -0.496 e. The topological polar surface area (TPSA) is 73.8 Å². The standard InChI is InChI=1S/C16H25N3O3/c1-22-15-9-13(12-19-7-2-5-17-6-8-19)3-4-14(15)10-18-11-16(20)21/h3-4,9,17-18H,2,5-8,10-12H2,1H3,(H,20,21). The zero-order valence-corrected chi connectivity index (χ0v) is 13.1. The molecule has 0 atom stereocenters. The number of hydrogen-bond donors (Lipinski definition) is 3. The van der Waals surface area contributed by atoms with Gasteiger partial charge in [-0.3, -0.25) is 9.69 Å². The lowest BCUT2D eigenvalue weighted by atomic mass is 10.1. The van der Waals surface area contributed by atoms with Gasteiger partial charge in [-0.05, 0) is 31.1 Å². The fraction of sp³-hybridized carbons (Fsp3) is 0.562. The molecule has 0 saturated carbocycles. The molecule has 0 amide bonds. The van der Waals surface area contributed by atoms with E-state index in [1.165, 1.54) is 12.0 Å². The summed E-state index contributed by atoms with van der Waals surface area (Å²) in [5.74, 6) is -0.0475. The lowest BCUT2D eigenvalue weighted by Gasteiger charge is -2.20. The van der Waals surface area contributed by atoms with Gasteiger partial charge in [-0.1, -0.05) is 12.1 Å². The fourth-order valence-electron chi connectivity index (χ4n) is 2.66. The van der Waals surface area contributed by atoms with E-state index in [-0.39, 0.29) is 6.54 Å². The molecule has 0 spiro atoms. The van der Waals surface area contributed by atoms with E-state index >= 15 is 0 Å². The van der Waals surface area contributed by atoms with Crippen molar-refractivity contribution in [3.05, 3.63) is 29.3 Å². The van der Waals surface area contributed by atoms with Crippen molar-refractivity contribution in [2.75, 3.05) is 39.8 Å². The molecule has 0 aliphatic carbocycles. The maximum Gasteiger partial charge on any atom is 0.317 e. The molecule has 1 saturated heterocycles. The second-order valence-corrected chi connectivity index (χ2v) is 5.52. The first-order chi connectivity index (χ1) is 10.7. The highest BCUT2D eigenvalue weighted by Crippen LogP contribution is 2.21. The normalized spacial score (nSPS) is 16.2. The van der Waals surface area contributed by atoms with Crippen LogP contribution in [0, 0.1) is 0 Å². The molecule has 122 valence electrons. The van der Waals surface area contributed by atoms with Crippen molar-refractivity contribution in [3.8, 4) is 5.75 Å². The second-order valence-electron chi connectivity index (χ2n) is 5.52. The Morgan fingerprint density at radius 2 is 2.27 bits per heavy atom. The predicted octanol–water partition coefficient (Wildman–Crippen LogP) is 0.665. The summed E-state index contributed by atoms with van der Waals surface area (Å²) in [5.41, 5.74) is 2.20.